The van der Waals surface area contributed by atoms with Crippen molar-refractivity contribution in [3.05, 3.63) is 48.0 Å². The Bertz CT molecular complexity index is 1040. The molecule has 0 bridgehead atoms. The first-order valence-electron chi connectivity index (χ1n) is 8.15. The Morgan fingerprint density at radius 2 is 1.59 bits per heavy atom. The quantitative estimate of drug-likeness (QED) is 0.760. The molecule has 0 saturated carbocycles. The Balaban J connectivity index is 2.40. The minimum Gasteiger partial charge on any atom is -0.495 e. The third-order valence-electron chi connectivity index (χ3n) is 3.45. The average Bonchev–Trinajstić information content (AvgIpc) is 2.52. The van der Waals surface area contributed by atoms with Crippen LogP contribution >= 0.6 is 0 Å². The zero-order chi connectivity index (χ0) is 20.5. The molecule has 0 amide bonds. The molecule has 0 aliphatic carbocycles. The smallest absolute Gasteiger partial charge is 0.265 e. The number of aryl methyl sites for hydroxylation is 1. The van der Waals surface area contributed by atoms with Gasteiger partial charge < -0.3 is 4.74 Å². The zero-order valence-corrected chi connectivity index (χ0v) is 17.5. The highest BCUT2D eigenvalue weighted by Gasteiger charge is 2.24. The Morgan fingerprint density at radius 3 is 2.19 bits per heavy atom. The van der Waals surface area contributed by atoms with Crippen LogP contribution in [0, 0.1) is 6.92 Å². The number of sulfonamides is 2. The minimum atomic E-state index is -3.97. The molecule has 0 aromatic heterocycles. The van der Waals surface area contributed by atoms with Crippen molar-refractivity contribution in [1.82, 2.24) is 4.72 Å². The highest BCUT2D eigenvalue weighted by Crippen LogP contribution is 2.27. The molecule has 0 spiro atoms. The van der Waals surface area contributed by atoms with Crippen LogP contribution < -0.4 is 14.2 Å². The van der Waals surface area contributed by atoms with Gasteiger partial charge >= 0.3 is 0 Å². The predicted octanol–water partition coefficient (Wildman–Crippen LogP) is 2.88. The summed E-state index contributed by atoms with van der Waals surface area (Å²) in [6.45, 7) is 6.94. The van der Waals surface area contributed by atoms with Gasteiger partial charge in [0.25, 0.3) is 10.0 Å². The number of methoxy groups -OCH3 is 1. The molecule has 9 heteroatoms. The number of benzene rings is 2. The third kappa shape index (κ3) is 5.44. The van der Waals surface area contributed by atoms with Crippen LogP contribution in [0.3, 0.4) is 0 Å². The van der Waals surface area contributed by atoms with Gasteiger partial charge in [-0.2, -0.15) is 0 Å². The van der Waals surface area contributed by atoms with Crippen molar-refractivity contribution in [1.29, 1.82) is 0 Å². The van der Waals surface area contributed by atoms with E-state index in [-0.39, 0.29) is 21.2 Å². The zero-order valence-electron chi connectivity index (χ0n) is 15.9. The van der Waals surface area contributed by atoms with E-state index < -0.39 is 25.6 Å². The molecule has 2 aromatic carbocycles. The number of hydrogen-bond acceptors (Lipinski definition) is 5. The van der Waals surface area contributed by atoms with Crippen LogP contribution in [0.5, 0.6) is 5.75 Å². The number of anilines is 1. The van der Waals surface area contributed by atoms with Crippen LogP contribution in [-0.2, 0) is 20.0 Å². The fourth-order valence-corrected chi connectivity index (χ4v) is 5.16. The van der Waals surface area contributed by atoms with Gasteiger partial charge in [-0.15, -0.1) is 0 Å². The molecule has 0 fully saturated rings. The van der Waals surface area contributed by atoms with Crippen LogP contribution in [0.25, 0.3) is 0 Å². The van der Waals surface area contributed by atoms with Crippen molar-refractivity contribution in [2.75, 3.05) is 11.8 Å². The molecule has 27 heavy (non-hydrogen) atoms. The Morgan fingerprint density at radius 1 is 0.926 bits per heavy atom. The second-order valence-corrected chi connectivity index (χ2v) is 10.5. The lowest BCUT2D eigenvalue weighted by Crippen LogP contribution is -2.40. The standard InChI is InChI=1S/C18H24N2O5S2/c1-13-9-10-16(25-5)17(11-13)27(23,24)19-14-7-6-8-15(12-14)26(21,22)20-18(2,3)4/h6-12,19-20H,1-5H3. The van der Waals surface area contributed by atoms with Crippen molar-refractivity contribution < 1.29 is 21.6 Å². The molecular weight excluding hydrogens is 388 g/mol. The lowest BCUT2D eigenvalue weighted by Gasteiger charge is -2.20. The van der Waals surface area contributed by atoms with E-state index in [0.29, 0.717) is 0 Å². The topological polar surface area (TPSA) is 102 Å². The van der Waals surface area contributed by atoms with Crippen molar-refractivity contribution in [2.24, 2.45) is 0 Å². The molecule has 0 aliphatic rings. The van der Waals surface area contributed by atoms with E-state index in [1.54, 1.807) is 39.8 Å². The summed E-state index contributed by atoms with van der Waals surface area (Å²) in [5, 5.41) is 0. The van der Waals surface area contributed by atoms with Gasteiger partial charge in [-0.25, -0.2) is 21.6 Å². The maximum absolute atomic E-state index is 12.8. The normalized spacial score (nSPS) is 12.6. The fraction of sp³-hybridized carbons (Fsp3) is 0.333. The predicted molar refractivity (Wildman–Crippen MR) is 105 cm³/mol. The minimum absolute atomic E-state index is 0.0222. The molecule has 0 radical (unpaired) electrons. The molecular formula is C18H24N2O5S2. The third-order valence-corrected chi connectivity index (χ3v) is 6.60. The van der Waals surface area contributed by atoms with E-state index in [2.05, 4.69) is 9.44 Å². The van der Waals surface area contributed by atoms with Crippen LogP contribution in [0.2, 0.25) is 0 Å². The lowest BCUT2D eigenvalue weighted by atomic mass is 10.1. The first-order valence-corrected chi connectivity index (χ1v) is 11.1. The summed E-state index contributed by atoms with van der Waals surface area (Å²) < 4.78 is 60.6. The summed E-state index contributed by atoms with van der Waals surface area (Å²) in [5.74, 6) is 0.200. The Kier molecular flexibility index (Phi) is 5.88. The van der Waals surface area contributed by atoms with Gasteiger partial charge in [0.2, 0.25) is 10.0 Å². The molecule has 148 valence electrons. The van der Waals surface area contributed by atoms with Crippen molar-refractivity contribution in [2.45, 2.75) is 43.0 Å². The number of nitrogens with one attached hydrogen (secondary N) is 2. The highest BCUT2D eigenvalue weighted by atomic mass is 32.2. The van der Waals surface area contributed by atoms with Crippen LogP contribution in [0.4, 0.5) is 5.69 Å². The molecule has 0 atom stereocenters. The summed E-state index contributed by atoms with van der Waals surface area (Å²) in [5.41, 5.74) is 0.223. The van der Waals surface area contributed by atoms with Gasteiger partial charge in [0.1, 0.15) is 10.6 Å². The summed E-state index contributed by atoms with van der Waals surface area (Å²) in [6, 6.07) is 10.4. The van der Waals surface area contributed by atoms with Gasteiger partial charge in [-0.3, -0.25) is 4.72 Å². The SMILES string of the molecule is COc1ccc(C)cc1S(=O)(=O)Nc1cccc(S(=O)(=O)NC(C)(C)C)c1. The maximum atomic E-state index is 12.8. The molecule has 2 aromatic rings. The average molecular weight is 413 g/mol. The number of hydrogen-bond donors (Lipinski definition) is 2. The Labute approximate surface area is 160 Å². The van der Waals surface area contributed by atoms with E-state index >= 15 is 0 Å². The summed E-state index contributed by atoms with van der Waals surface area (Å²) in [4.78, 5) is -0.0556. The van der Waals surface area contributed by atoms with Crippen molar-refractivity contribution in [3.8, 4) is 5.75 Å². The van der Waals surface area contributed by atoms with Crippen LogP contribution in [-0.4, -0.2) is 29.5 Å². The molecule has 0 aliphatic heterocycles. The summed E-state index contributed by atoms with van der Waals surface area (Å²) >= 11 is 0. The molecule has 2 N–H and O–H groups in total. The second-order valence-electron chi connectivity index (χ2n) is 7.14. The molecule has 0 saturated heterocycles. The van der Waals surface area contributed by atoms with E-state index in [0.717, 1.165) is 5.56 Å². The van der Waals surface area contributed by atoms with E-state index in [1.807, 2.05) is 0 Å². The largest absolute Gasteiger partial charge is 0.495 e. The summed E-state index contributed by atoms with van der Waals surface area (Å²) in [6.07, 6.45) is 0. The van der Waals surface area contributed by atoms with Gasteiger partial charge in [0, 0.05) is 5.54 Å². The lowest BCUT2D eigenvalue weighted by molar-refractivity contribution is 0.402. The fourth-order valence-electron chi connectivity index (χ4n) is 2.39. The highest BCUT2D eigenvalue weighted by molar-refractivity contribution is 7.92. The summed E-state index contributed by atoms with van der Waals surface area (Å²) in [7, 11) is -6.37. The van der Waals surface area contributed by atoms with Crippen molar-refractivity contribution in [3.63, 3.8) is 0 Å². The first kappa shape index (κ1) is 21.2. The van der Waals surface area contributed by atoms with Gasteiger partial charge in [0.15, 0.2) is 0 Å². The second kappa shape index (κ2) is 7.49. The molecule has 7 nitrogen and oxygen atoms in total. The molecule has 0 unspecified atom stereocenters. The van der Waals surface area contributed by atoms with Gasteiger partial charge in [0.05, 0.1) is 17.7 Å². The first-order chi connectivity index (χ1) is 12.3. The van der Waals surface area contributed by atoms with Crippen LogP contribution in [0.15, 0.2) is 52.3 Å². The molecule has 0 heterocycles. The van der Waals surface area contributed by atoms with Gasteiger partial charge in [-0.05, 0) is 63.6 Å². The van der Waals surface area contributed by atoms with E-state index in [4.69, 9.17) is 4.74 Å². The van der Waals surface area contributed by atoms with E-state index in [9.17, 15) is 16.8 Å². The number of rotatable bonds is 6. The van der Waals surface area contributed by atoms with E-state index in [1.165, 1.54) is 37.4 Å². The molecule has 2 rings (SSSR count). The Hall–Kier alpha value is -2.10. The van der Waals surface area contributed by atoms with Gasteiger partial charge in [-0.1, -0.05) is 12.1 Å². The van der Waals surface area contributed by atoms with Crippen molar-refractivity contribution >= 4 is 25.7 Å². The number of ether oxygens (including phenoxy) is 1. The maximum Gasteiger partial charge on any atom is 0.265 e. The monoisotopic (exact) mass is 412 g/mol. The van der Waals surface area contributed by atoms with Crippen LogP contribution in [0.1, 0.15) is 26.3 Å².